The molecule has 7 heteroatoms. The summed E-state index contributed by atoms with van der Waals surface area (Å²) < 4.78 is 25.2. The molecule has 0 bridgehead atoms. The number of carbonyl (C=O) groups is 1. The maximum Gasteiger partial charge on any atom is 0.424 e. The summed E-state index contributed by atoms with van der Waals surface area (Å²) in [5, 5.41) is 1.72. The van der Waals surface area contributed by atoms with E-state index in [1.807, 2.05) is 79.0 Å². The van der Waals surface area contributed by atoms with Gasteiger partial charge in [0, 0.05) is 12.5 Å². The van der Waals surface area contributed by atoms with Crippen LogP contribution in [0.25, 0.3) is 22.0 Å². The Morgan fingerprint density at radius 3 is 2.26 bits per heavy atom. The van der Waals surface area contributed by atoms with Gasteiger partial charge in [0.15, 0.2) is 35.7 Å². The fourth-order valence-corrected chi connectivity index (χ4v) is 5.31. The van der Waals surface area contributed by atoms with Gasteiger partial charge in [-0.3, -0.25) is 0 Å². The number of anilines is 2. The molecular formula is C32H25N2O5+. The number of rotatable bonds is 4. The lowest BCUT2D eigenvalue weighted by molar-refractivity contribution is -0.686. The van der Waals surface area contributed by atoms with Crippen LogP contribution in [0.5, 0.6) is 23.0 Å². The number of benzene rings is 4. The van der Waals surface area contributed by atoms with Gasteiger partial charge in [0.1, 0.15) is 0 Å². The number of para-hydroxylation sites is 2. The van der Waals surface area contributed by atoms with Crippen LogP contribution in [0.2, 0.25) is 0 Å². The first kappa shape index (κ1) is 23.1. The molecule has 0 saturated heterocycles. The highest BCUT2D eigenvalue weighted by molar-refractivity contribution is 6.00. The number of hydrogen-bond donors (Lipinski definition) is 0. The maximum absolute atomic E-state index is 13.8. The Morgan fingerprint density at radius 2 is 1.56 bits per heavy atom. The van der Waals surface area contributed by atoms with Crippen LogP contribution in [0.4, 0.5) is 16.2 Å². The summed E-state index contributed by atoms with van der Waals surface area (Å²) in [6.07, 6.45) is 2.36. The third-order valence-electron chi connectivity index (χ3n) is 7.20. The third kappa shape index (κ3) is 3.99. The molecule has 3 heterocycles. The molecule has 2 aliphatic heterocycles. The Bertz CT molecular complexity index is 1680. The first-order valence-corrected chi connectivity index (χ1v) is 12.8. The predicted molar refractivity (Wildman–Crippen MR) is 147 cm³/mol. The summed E-state index contributed by atoms with van der Waals surface area (Å²) in [5.74, 6) is 2.41. The van der Waals surface area contributed by atoms with Crippen molar-refractivity contribution in [1.29, 1.82) is 0 Å². The first-order chi connectivity index (χ1) is 19.2. The number of ether oxygens (including phenoxy) is 4. The standard InChI is InChI=1S/C32H25N2O5/c1-36-28-13-12-21-16-27-25-18-30-29(37-20-38-30)17-22(25)14-15-33(27)19-26(21)31(28)39-32(35)34(23-8-4-2-5-9-23)24-10-6-3-7-11-24/h2-13,16-19H,14-15,20H2,1H3/q+1. The average molecular weight is 518 g/mol. The van der Waals surface area contributed by atoms with Crippen LogP contribution >= 0.6 is 0 Å². The summed E-state index contributed by atoms with van der Waals surface area (Å²) in [5.41, 5.74) is 4.81. The molecule has 0 saturated carbocycles. The van der Waals surface area contributed by atoms with Crippen molar-refractivity contribution in [3.05, 3.63) is 103 Å². The van der Waals surface area contributed by atoms with Crippen molar-refractivity contribution < 1.29 is 28.3 Å². The molecule has 192 valence electrons. The van der Waals surface area contributed by atoms with Gasteiger partial charge < -0.3 is 18.9 Å². The van der Waals surface area contributed by atoms with Gasteiger partial charge in [-0.1, -0.05) is 36.4 Å². The molecule has 0 N–H and O–H groups in total. The zero-order valence-electron chi connectivity index (χ0n) is 21.3. The summed E-state index contributed by atoms with van der Waals surface area (Å²) in [6, 6.07) is 29.0. The van der Waals surface area contributed by atoms with Crippen LogP contribution in [0.3, 0.4) is 0 Å². The monoisotopic (exact) mass is 517 g/mol. The van der Waals surface area contributed by atoms with Crippen molar-refractivity contribution in [3.8, 4) is 34.3 Å². The van der Waals surface area contributed by atoms with E-state index in [1.54, 1.807) is 12.0 Å². The van der Waals surface area contributed by atoms with Gasteiger partial charge in [0.25, 0.3) is 0 Å². The van der Waals surface area contributed by atoms with Gasteiger partial charge in [0.2, 0.25) is 12.5 Å². The zero-order chi connectivity index (χ0) is 26.3. The van der Waals surface area contributed by atoms with Gasteiger partial charge >= 0.3 is 6.09 Å². The molecule has 0 unspecified atom stereocenters. The molecule has 2 aliphatic rings. The lowest BCUT2D eigenvalue weighted by Crippen LogP contribution is -2.40. The normalized spacial score (nSPS) is 12.9. The van der Waals surface area contributed by atoms with Crippen molar-refractivity contribution in [3.63, 3.8) is 0 Å². The van der Waals surface area contributed by atoms with Crippen molar-refractivity contribution >= 4 is 28.2 Å². The van der Waals surface area contributed by atoms with Gasteiger partial charge in [-0.15, -0.1) is 0 Å². The molecule has 7 rings (SSSR count). The van der Waals surface area contributed by atoms with Crippen LogP contribution in [0.1, 0.15) is 5.56 Å². The number of nitrogens with zero attached hydrogens (tertiary/aromatic N) is 2. The van der Waals surface area contributed by atoms with Gasteiger partial charge in [-0.05, 0) is 59.5 Å². The van der Waals surface area contributed by atoms with Crippen LogP contribution in [0, 0.1) is 0 Å². The maximum atomic E-state index is 13.8. The average Bonchev–Trinajstić information content (AvgIpc) is 3.44. The summed E-state index contributed by atoms with van der Waals surface area (Å²) >= 11 is 0. The highest BCUT2D eigenvalue weighted by Gasteiger charge is 2.30. The van der Waals surface area contributed by atoms with E-state index in [0.29, 0.717) is 22.9 Å². The lowest BCUT2D eigenvalue weighted by atomic mass is 9.95. The minimum Gasteiger partial charge on any atom is -0.493 e. The van der Waals surface area contributed by atoms with Gasteiger partial charge in [0.05, 0.1) is 29.4 Å². The molecule has 1 amide bonds. The summed E-state index contributed by atoms with van der Waals surface area (Å²) in [4.78, 5) is 15.4. The van der Waals surface area contributed by atoms with E-state index in [0.717, 1.165) is 46.5 Å². The third-order valence-corrected chi connectivity index (χ3v) is 7.20. The van der Waals surface area contributed by atoms with Gasteiger partial charge in [-0.25, -0.2) is 9.69 Å². The van der Waals surface area contributed by atoms with E-state index in [-0.39, 0.29) is 6.79 Å². The molecule has 0 aliphatic carbocycles. The minimum atomic E-state index is -0.529. The molecule has 0 radical (unpaired) electrons. The topological polar surface area (TPSA) is 61.1 Å². The minimum absolute atomic E-state index is 0.244. The fourth-order valence-electron chi connectivity index (χ4n) is 5.31. The Kier molecular flexibility index (Phi) is 5.55. The quantitative estimate of drug-likeness (QED) is 0.257. The van der Waals surface area contributed by atoms with Crippen LogP contribution in [-0.2, 0) is 13.0 Å². The van der Waals surface area contributed by atoms with Crippen molar-refractivity contribution in [2.45, 2.75) is 13.0 Å². The lowest BCUT2D eigenvalue weighted by Gasteiger charge is -2.23. The van der Waals surface area contributed by atoms with Gasteiger partial charge in [-0.2, -0.15) is 4.57 Å². The molecule has 0 fully saturated rings. The largest absolute Gasteiger partial charge is 0.493 e. The zero-order valence-corrected chi connectivity index (χ0v) is 21.3. The van der Waals surface area contributed by atoms with E-state index in [4.69, 9.17) is 18.9 Å². The second-order valence-corrected chi connectivity index (χ2v) is 9.44. The molecule has 1 aromatic heterocycles. The van der Waals surface area contributed by atoms with Crippen molar-refractivity contribution in [2.24, 2.45) is 0 Å². The SMILES string of the molecule is COc1ccc2cc3[n+](cc2c1OC(=O)N(c1ccccc1)c1ccccc1)CCc1cc2c(cc1-3)OCO2. The summed E-state index contributed by atoms with van der Waals surface area (Å²) in [7, 11) is 1.58. The highest BCUT2D eigenvalue weighted by atomic mass is 16.7. The van der Waals surface area contributed by atoms with E-state index >= 15 is 0 Å². The van der Waals surface area contributed by atoms with E-state index < -0.39 is 6.09 Å². The molecular weight excluding hydrogens is 492 g/mol. The fraction of sp³-hybridized carbons (Fsp3) is 0.125. The Balaban J connectivity index is 1.32. The highest BCUT2D eigenvalue weighted by Crippen LogP contribution is 2.42. The molecule has 0 atom stereocenters. The van der Waals surface area contributed by atoms with Crippen LogP contribution < -0.4 is 28.4 Å². The molecule has 39 heavy (non-hydrogen) atoms. The van der Waals surface area contributed by atoms with E-state index in [9.17, 15) is 4.79 Å². The van der Waals surface area contributed by atoms with Crippen molar-refractivity contribution in [1.82, 2.24) is 0 Å². The van der Waals surface area contributed by atoms with E-state index in [2.05, 4.69) is 22.8 Å². The molecule has 4 aromatic carbocycles. The second kappa shape index (κ2) is 9.36. The van der Waals surface area contributed by atoms with Crippen LogP contribution in [-0.4, -0.2) is 20.0 Å². The smallest absolute Gasteiger partial charge is 0.424 e. The molecule has 5 aromatic rings. The summed E-state index contributed by atoms with van der Waals surface area (Å²) in [6.45, 7) is 1.02. The number of carbonyl (C=O) groups excluding carboxylic acids is 1. The Labute approximate surface area is 225 Å². The number of aromatic nitrogens is 1. The van der Waals surface area contributed by atoms with E-state index in [1.165, 1.54) is 5.56 Å². The van der Waals surface area contributed by atoms with Crippen molar-refractivity contribution in [2.75, 3.05) is 18.8 Å². The number of methoxy groups -OCH3 is 1. The predicted octanol–water partition coefficient (Wildman–Crippen LogP) is 6.42. The number of pyridine rings is 1. The number of fused-ring (bicyclic) bond motifs is 5. The second-order valence-electron chi connectivity index (χ2n) is 9.44. The molecule has 0 spiro atoms. The number of amides is 1. The van der Waals surface area contributed by atoms with Crippen LogP contribution in [0.15, 0.2) is 97.2 Å². The number of aryl methyl sites for hydroxylation is 2. The Hall–Kier alpha value is -5.04. The number of hydrogen-bond acceptors (Lipinski definition) is 5. The Morgan fingerprint density at radius 1 is 0.872 bits per heavy atom. The first-order valence-electron chi connectivity index (χ1n) is 12.8. The molecule has 7 nitrogen and oxygen atoms in total.